The number of aliphatic hydroxyl groups is 1. The van der Waals surface area contributed by atoms with Gasteiger partial charge in [0.2, 0.25) is 0 Å². The quantitative estimate of drug-likeness (QED) is 0.790. The van der Waals surface area contributed by atoms with Crippen molar-refractivity contribution in [2.75, 3.05) is 26.2 Å². The van der Waals surface area contributed by atoms with E-state index < -0.39 is 0 Å². The van der Waals surface area contributed by atoms with Crippen molar-refractivity contribution in [1.29, 1.82) is 0 Å². The summed E-state index contributed by atoms with van der Waals surface area (Å²) < 4.78 is 0. The number of piperidine rings is 1. The van der Waals surface area contributed by atoms with Crippen LogP contribution >= 0.6 is 0 Å². The third-order valence-corrected chi connectivity index (χ3v) is 3.03. The van der Waals surface area contributed by atoms with Gasteiger partial charge in [0.25, 0.3) is 0 Å². The molecule has 0 atom stereocenters. The molecule has 0 bridgehead atoms. The van der Waals surface area contributed by atoms with Gasteiger partial charge in [-0.15, -0.1) is 0 Å². The molecule has 4 nitrogen and oxygen atoms in total. The van der Waals surface area contributed by atoms with Crippen LogP contribution in [0.1, 0.15) is 24.5 Å². The first kappa shape index (κ1) is 10.5. The van der Waals surface area contributed by atoms with E-state index in [1.165, 1.54) is 0 Å². The lowest BCUT2D eigenvalue weighted by Gasteiger charge is -2.30. The topological polar surface area (TPSA) is 49.2 Å². The first-order valence-corrected chi connectivity index (χ1v) is 5.49. The van der Waals surface area contributed by atoms with E-state index in [0.717, 1.165) is 38.2 Å². The van der Waals surface area contributed by atoms with Crippen molar-refractivity contribution >= 4 is 0 Å². The van der Waals surface area contributed by atoms with E-state index in [9.17, 15) is 0 Å². The molecule has 1 saturated heterocycles. The van der Waals surface area contributed by atoms with E-state index in [0.29, 0.717) is 5.92 Å². The van der Waals surface area contributed by atoms with Crippen molar-refractivity contribution < 1.29 is 5.11 Å². The van der Waals surface area contributed by atoms with E-state index in [-0.39, 0.29) is 6.61 Å². The van der Waals surface area contributed by atoms with Crippen LogP contribution in [0.5, 0.6) is 0 Å². The zero-order valence-corrected chi connectivity index (χ0v) is 8.84. The summed E-state index contributed by atoms with van der Waals surface area (Å²) in [6.45, 7) is 3.19. The molecule has 1 aliphatic rings. The number of rotatable bonds is 3. The molecule has 2 heterocycles. The van der Waals surface area contributed by atoms with Crippen LogP contribution in [0.2, 0.25) is 0 Å². The smallest absolute Gasteiger partial charge is 0.115 e. The Labute approximate surface area is 90.0 Å². The summed E-state index contributed by atoms with van der Waals surface area (Å²) in [5, 5.41) is 8.84. The van der Waals surface area contributed by atoms with Gasteiger partial charge >= 0.3 is 0 Å². The fourth-order valence-corrected chi connectivity index (χ4v) is 2.14. The van der Waals surface area contributed by atoms with Gasteiger partial charge in [-0.1, -0.05) is 0 Å². The normalized spacial score (nSPS) is 19.3. The van der Waals surface area contributed by atoms with Crippen LogP contribution in [0.4, 0.5) is 0 Å². The number of hydrogen-bond donors (Lipinski definition) is 1. The minimum atomic E-state index is 0.262. The molecule has 0 unspecified atom stereocenters. The summed E-state index contributed by atoms with van der Waals surface area (Å²) in [6.07, 6.45) is 5.70. The highest BCUT2D eigenvalue weighted by atomic mass is 16.3. The number of aromatic nitrogens is 2. The van der Waals surface area contributed by atoms with E-state index in [2.05, 4.69) is 14.9 Å². The van der Waals surface area contributed by atoms with Gasteiger partial charge in [0.05, 0.1) is 6.61 Å². The third kappa shape index (κ3) is 2.73. The van der Waals surface area contributed by atoms with Gasteiger partial charge < -0.3 is 10.0 Å². The Hall–Kier alpha value is -1.00. The second-order valence-corrected chi connectivity index (χ2v) is 3.97. The Morgan fingerprint density at radius 1 is 1.40 bits per heavy atom. The van der Waals surface area contributed by atoms with E-state index in [4.69, 9.17) is 5.11 Å². The van der Waals surface area contributed by atoms with Crippen LogP contribution in [0.3, 0.4) is 0 Å². The predicted molar refractivity (Wildman–Crippen MR) is 57.5 cm³/mol. The maximum Gasteiger partial charge on any atom is 0.115 e. The van der Waals surface area contributed by atoms with Crippen LogP contribution < -0.4 is 0 Å². The van der Waals surface area contributed by atoms with Crippen LogP contribution in [0, 0.1) is 0 Å². The second-order valence-electron chi connectivity index (χ2n) is 3.97. The van der Waals surface area contributed by atoms with Gasteiger partial charge in [0.15, 0.2) is 0 Å². The van der Waals surface area contributed by atoms with Crippen molar-refractivity contribution in [1.82, 2.24) is 14.9 Å². The van der Waals surface area contributed by atoms with Crippen LogP contribution in [-0.2, 0) is 0 Å². The summed E-state index contributed by atoms with van der Waals surface area (Å²) in [4.78, 5) is 10.5. The highest BCUT2D eigenvalue weighted by Gasteiger charge is 2.20. The Kier molecular flexibility index (Phi) is 3.64. The van der Waals surface area contributed by atoms with Crippen LogP contribution in [0.25, 0.3) is 0 Å². The zero-order valence-electron chi connectivity index (χ0n) is 8.84. The lowest BCUT2D eigenvalue weighted by atomic mass is 9.93. The summed E-state index contributed by atoms with van der Waals surface area (Å²) in [7, 11) is 0. The lowest BCUT2D eigenvalue weighted by Crippen LogP contribution is -2.35. The minimum absolute atomic E-state index is 0.262. The van der Waals surface area contributed by atoms with Crippen molar-refractivity contribution in [3.63, 3.8) is 0 Å². The van der Waals surface area contributed by atoms with Gasteiger partial charge in [0.1, 0.15) is 6.33 Å². The van der Waals surface area contributed by atoms with E-state index >= 15 is 0 Å². The fourth-order valence-electron chi connectivity index (χ4n) is 2.14. The summed E-state index contributed by atoms with van der Waals surface area (Å²) >= 11 is 0. The van der Waals surface area contributed by atoms with Gasteiger partial charge in [-0.3, -0.25) is 0 Å². The second kappa shape index (κ2) is 5.19. The van der Waals surface area contributed by atoms with Crippen molar-refractivity contribution in [3.8, 4) is 0 Å². The molecule has 1 aromatic rings. The lowest BCUT2D eigenvalue weighted by molar-refractivity contribution is 0.163. The Bertz CT molecular complexity index is 283. The monoisotopic (exact) mass is 207 g/mol. The maximum atomic E-state index is 8.84. The molecule has 0 aliphatic carbocycles. The molecule has 4 heteroatoms. The molecule has 0 aromatic carbocycles. The Morgan fingerprint density at radius 2 is 2.20 bits per heavy atom. The molecule has 1 fully saturated rings. The predicted octanol–water partition coefficient (Wildman–Crippen LogP) is 0.648. The number of hydrogen-bond acceptors (Lipinski definition) is 4. The molecule has 2 rings (SSSR count). The van der Waals surface area contributed by atoms with Crippen molar-refractivity contribution in [3.05, 3.63) is 24.3 Å². The first-order chi connectivity index (χ1) is 7.40. The van der Waals surface area contributed by atoms with Gasteiger partial charge in [-0.05, 0) is 32.0 Å². The molecule has 15 heavy (non-hydrogen) atoms. The van der Waals surface area contributed by atoms with Gasteiger partial charge in [-0.25, -0.2) is 9.97 Å². The molecule has 82 valence electrons. The summed E-state index contributed by atoms with van der Waals surface area (Å²) in [5.74, 6) is 0.572. The highest BCUT2D eigenvalue weighted by molar-refractivity contribution is 5.06. The van der Waals surface area contributed by atoms with Gasteiger partial charge in [-0.2, -0.15) is 0 Å². The minimum Gasteiger partial charge on any atom is -0.395 e. The molecular weight excluding hydrogens is 190 g/mol. The van der Waals surface area contributed by atoms with Crippen molar-refractivity contribution in [2.24, 2.45) is 0 Å². The SMILES string of the molecule is OCCN1CCC(c2ccncn2)CC1. The highest BCUT2D eigenvalue weighted by Crippen LogP contribution is 2.25. The van der Waals surface area contributed by atoms with E-state index in [1.807, 2.05) is 12.3 Å². The van der Waals surface area contributed by atoms with E-state index in [1.54, 1.807) is 6.33 Å². The number of nitrogens with zero attached hydrogens (tertiary/aromatic N) is 3. The maximum absolute atomic E-state index is 8.84. The van der Waals surface area contributed by atoms with Crippen LogP contribution in [-0.4, -0.2) is 46.2 Å². The van der Waals surface area contributed by atoms with Gasteiger partial charge in [0, 0.05) is 24.4 Å². The molecule has 0 saturated carbocycles. The standard InChI is InChI=1S/C11H17N3O/c15-8-7-14-5-2-10(3-6-14)11-1-4-12-9-13-11/h1,4,9-10,15H,2-3,5-8H2. The third-order valence-electron chi connectivity index (χ3n) is 3.03. The first-order valence-electron chi connectivity index (χ1n) is 5.49. The Morgan fingerprint density at radius 3 is 2.80 bits per heavy atom. The fraction of sp³-hybridized carbons (Fsp3) is 0.636. The molecule has 1 aromatic heterocycles. The summed E-state index contributed by atoms with van der Waals surface area (Å²) in [5.41, 5.74) is 1.16. The summed E-state index contributed by atoms with van der Waals surface area (Å²) in [6, 6.07) is 2.01. The average molecular weight is 207 g/mol. The molecule has 0 amide bonds. The molecule has 1 aliphatic heterocycles. The zero-order chi connectivity index (χ0) is 10.5. The number of β-amino-alcohol motifs (C(OH)–C–C–N with tert-alkyl or cyclic N) is 1. The average Bonchev–Trinajstić information content (AvgIpc) is 2.32. The largest absolute Gasteiger partial charge is 0.395 e. The number of likely N-dealkylation sites (tertiary alicyclic amines) is 1. The Balaban J connectivity index is 1.88. The molecule has 0 spiro atoms. The molecule has 0 radical (unpaired) electrons. The number of aliphatic hydroxyl groups excluding tert-OH is 1. The molecule has 1 N–H and O–H groups in total. The van der Waals surface area contributed by atoms with Crippen molar-refractivity contribution in [2.45, 2.75) is 18.8 Å². The molecular formula is C11H17N3O. The van der Waals surface area contributed by atoms with Crippen LogP contribution in [0.15, 0.2) is 18.6 Å².